The Morgan fingerprint density at radius 2 is 1.85 bits per heavy atom. The van der Waals surface area contributed by atoms with Crippen molar-refractivity contribution >= 4 is 11.9 Å². The van der Waals surface area contributed by atoms with Gasteiger partial charge in [-0.3, -0.25) is 9.59 Å². The summed E-state index contributed by atoms with van der Waals surface area (Å²) in [6.07, 6.45) is 4.75. The minimum atomic E-state index is -1.01. The summed E-state index contributed by atoms with van der Waals surface area (Å²) < 4.78 is 0. The summed E-state index contributed by atoms with van der Waals surface area (Å²) in [5.74, 6) is -1.15. The summed E-state index contributed by atoms with van der Waals surface area (Å²) in [7, 11) is 0. The molecule has 0 atom stereocenters. The standard InChI is InChI=1S/C16H21NO3/c1-12-7-3-4-8-13(12)16(9-5-2-6-10-16)15(20)17-11-14(18)19/h3-4,7-8H,2,5-6,9-11H2,1H3,(H,17,20)(H,18,19). The van der Waals surface area contributed by atoms with E-state index in [1.807, 2.05) is 31.2 Å². The average Bonchev–Trinajstić information content (AvgIpc) is 2.46. The first-order valence-electron chi connectivity index (χ1n) is 7.12. The van der Waals surface area contributed by atoms with Crippen molar-refractivity contribution < 1.29 is 14.7 Å². The number of aliphatic carboxylic acids is 1. The van der Waals surface area contributed by atoms with E-state index in [4.69, 9.17) is 5.11 Å². The van der Waals surface area contributed by atoms with Crippen LogP contribution in [0.2, 0.25) is 0 Å². The second kappa shape index (κ2) is 6.07. The smallest absolute Gasteiger partial charge is 0.322 e. The molecule has 20 heavy (non-hydrogen) atoms. The molecule has 1 aromatic rings. The predicted molar refractivity (Wildman–Crippen MR) is 76.6 cm³/mol. The van der Waals surface area contributed by atoms with Crippen molar-refractivity contribution in [1.82, 2.24) is 5.32 Å². The third-order valence-electron chi connectivity index (χ3n) is 4.20. The molecular weight excluding hydrogens is 254 g/mol. The van der Waals surface area contributed by atoms with Crippen LogP contribution in [0.5, 0.6) is 0 Å². The maximum Gasteiger partial charge on any atom is 0.322 e. The summed E-state index contributed by atoms with van der Waals surface area (Å²) in [4.78, 5) is 23.3. The summed E-state index contributed by atoms with van der Waals surface area (Å²) in [5.41, 5.74) is 1.58. The molecule has 2 rings (SSSR count). The van der Waals surface area contributed by atoms with Gasteiger partial charge in [0.1, 0.15) is 6.54 Å². The molecule has 2 N–H and O–H groups in total. The molecule has 4 nitrogen and oxygen atoms in total. The molecule has 1 fully saturated rings. The van der Waals surface area contributed by atoms with E-state index in [1.165, 1.54) is 0 Å². The monoisotopic (exact) mass is 275 g/mol. The van der Waals surface area contributed by atoms with Crippen molar-refractivity contribution in [2.24, 2.45) is 0 Å². The number of aryl methyl sites for hydroxylation is 1. The summed E-state index contributed by atoms with van der Waals surface area (Å²) in [6, 6.07) is 7.92. The zero-order valence-corrected chi connectivity index (χ0v) is 11.8. The molecule has 108 valence electrons. The highest BCUT2D eigenvalue weighted by Gasteiger charge is 2.41. The van der Waals surface area contributed by atoms with Gasteiger partial charge in [-0.15, -0.1) is 0 Å². The van der Waals surface area contributed by atoms with Crippen LogP contribution in [0.4, 0.5) is 0 Å². The van der Waals surface area contributed by atoms with E-state index in [2.05, 4.69) is 5.32 Å². The van der Waals surface area contributed by atoms with Gasteiger partial charge >= 0.3 is 5.97 Å². The van der Waals surface area contributed by atoms with E-state index in [-0.39, 0.29) is 12.5 Å². The van der Waals surface area contributed by atoms with Crippen molar-refractivity contribution in [3.8, 4) is 0 Å². The number of benzene rings is 1. The van der Waals surface area contributed by atoms with Crippen molar-refractivity contribution in [2.75, 3.05) is 6.54 Å². The Kier molecular flexibility index (Phi) is 4.42. The molecule has 0 aromatic heterocycles. The van der Waals surface area contributed by atoms with Crippen LogP contribution in [0, 0.1) is 6.92 Å². The van der Waals surface area contributed by atoms with Gasteiger partial charge in [0.25, 0.3) is 0 Å². The minimum absolute atomic E-state index is 0.145. The summed E-state index contributed by atoms with van der Waals surface area (Å²) >= 11 is 0. The Bertz CT molecular complexity index is 504. The van der Waals surface area contributed by atoms with Gasteiger partial charge in [0.15, 0.2) is 0 Å². The Labute approximate surface area is 119 Å². The zero-order chi connectivity index (χ0) is 14.6. The number of carboxylic acids is 1. The number of carboxylic acid groups (broad SMARTS) is 1. The van der Waals surface area contributed by atoms with Crippen LogP contribution in [-0.4, -0.2) is 23.5 Å². The highest BCUT2D eigenvalue weighted by Crippen LogP contribution is 2.41. The Balaban J connectivity index is 2.33. The first-order valence-corrected chi connectivity index (χ1v) is 7.12. The maximum atomic E-state index is 12.6. The third kappa shape index (κ3) is 2.84. The highest BCUT2D eigenvalue weighted by molar-refractivity contribution is 5.90. The predicted octanol–water partition coefficient (Wildman–Crippen LogP) is 2.40. The van der Waals surface area contributed by atoms with Crippen molar-refractivity contribution in [3.63, 3.8) is 0 Å². The Hall–Kier alpha value is -1.84. The van der Waals surface area contributed by atoms with Crippen LogP contribution in [0.1, 0.15) is 43.2 Å². The molecule has 0 saturated heterocycles. The molecule has 1 aromatic carbocycles. The van der Waals surface area contributed by atoms with Crippen LogP contribution in [0.3, 0.4) is 0 Å². The SMILES string of the molecule is Cc1ccccc1C1(C(=O)NCC(=O)O)CCCCC1. The normalized spacial score (nSPS) is 17.4. The molecule has 0 bridgehead atoms. The average molecular weight is 275 g/mol. The lowest BCUT2D eigenvalue weighted by molar-refractivity contribution is -0.139. The van der Waals surface area contributed by atoms with Crippen LogP contribution < -0.4 is 5.32 Å². The van der Waals surface area contributed by atoms with Crippen molar-refractivity contribution in [1.29, 1.82) is 0 Å². The molecule has 1 saturated carbocycles. The number of hydrogen-bond donors (Lipinski definition) is 2. The quantitative estimate of drug-likeness (QED) is 0.886. The fourth-order valence-corrected chi connectivity index (χ4v) is 3.21. The summed E-state index contributed by atoms with van der Waals surface area (Å²) in [5, 5.41) is 11.3. The maximum absolute atomic E-state index is 12.6. The second-order valence-electron chi connectivity index (χ2n) is 5.53. The molecule has 1 amide bonds. The second-order valence-corrected chi connectivity index (χ2v) is 5.53. The molecule has 1 aliphatic carbocycles. The number of nitrogens with one attached hydrogen (secondary N) is 1. The van der Waals surface area contributed by atoms with E-state index in [1.54, 1.807) is 0 Å². The van der Waals surface area contributed by atoms with Gasteiger partial charge in [0.2, 0.25) is 5.91 Å². The fourth-order valence-electron chi connectivity index (χ4n) is 3.21. The van der Waals surface area contributed by atoms with Gasteiger partial charge in [-0.2, -0.15) is 0 Å². The van der Waals surface area contributed by atoms with Crippen molar-refractivity contribution in [3.05, 3.63) is 35.4 Å². The van der Waals surface area contributed by atoms with Crippen LogP contribution in [-0.2, 0) is 15.0 Å². The molecule has 0 spiro atoms. The fraction of sp³-hybridized carbons (Fsp3) is 0.500. The highest BCUT2D eigenvalue weighted by atomic mass is 16.4. The van der Waals surface area contributed by atoms with Gasteiger partial charge < -0.3 is 10.4 Å². The number of hydrogen-bond acceptors (Lipinski definition) is 2. The third-order valence-corrected chi connectivity index (χ3v) is 4.20. The lowest BCUT2D eigenvalue weighted by Crippen LogP contribution is -2.47. The first kappa shape index (κ1) is 14.6. The lowest BCUT2D eigenvalue weighted by atomic mass is 9.67. The van der Waals surface area contributed by atoms with E-state index >= 15 is 0 Å². The van der Waals surface area contributed by atoms with Gasteiger partial charge in [-0.25, -0.2) is 0 Å². The van der Waals surface area contributed by atoms with Crippen molar-refractivity contribution in [2.45, 2.75) is 44.4 Å². The zero-order valence-electron chi connectivity index (χ0n) is 11.8. The van der Waals surface area contributed by atoms with Crippen LogP contribution >= 0.6 is 0 Å². The van der Waals surface area contributed by atoms with Gasteiger partial charge in [-0.1, -0.05) is 43.5 Å². The van der Waals surface area contributed by atoms with E-state index in [9.17, 15) is 9.59 Å². The van der Waals surface area contributed by atoms with E-state index < -0.39 is 11.4 Å². The number of carbonyl (C=O) groups excluding carboxylic acids is 1. The largest absolute Gasteiger partial charge is 0.480 e. The molecule has 0 radical (unpaired) electrons. The van der Waals surface area contributed by atoms with Crippen LogP contribution in [0.15, 0.2) is 24.3 Å². The van der Waals surface area contributed by atoms with E-state index in [0.29, 0.717) is 0 Å². The minimum Gasteiger partial charge on any atom is -0.480 e. The van der Waals surface area contributed by atoms with Gasteiger partial charge in [0, 0.05) is 0 Å². The number of rotatable bonds is 4. The number of amides is 1. The molecule has 0 heterocycles. The Morgan fingerprint density at radius 3 is 2.45 bits per heavy atom. The van der Waals surface area contributed by atoms with Crippen LogP contribution in [0.25, 0.3) is 0 Å². The molecular formula is C16H21NO3. The molecule has 0 unspecified atom stereocenters. The molecule has 0 aliphatic heterocycles. The number of carbonyl (C=O) groups is 2. The van der Waals surface area contributed by atoms with Gasteiger partial charge in [0.05, 0.1) is 5.41 Å². The molecule has 1 aliphatic rings. The lowest BCUT2D eigenvalue weighted by Gasteiger charge is -2.37. The van der Waals surface area contributed by atoms with Gasteiger partial charge in [-0.05, 0) is 30.9 Å². The Morgan fingerprint density at radius 1 is 1.20 bits per heavy atom. The first-order chi connectivity index (χ1) is 9.56. The summed E-state index contributed by atoms with van der Waals surface area (Å²) in [6.45, 7) is 1.70. The molecule has 4 heteroatoms. The topological polar surface area (TPSA) is 66.4 Å². The van der Waals surface area contributed by atoms with E-state index in [0.717, 1.165) is 43.2 Å².